The zero-order valence-electron chi connectivity index (χ0n) is 32.2. The van der Waals surface area contributed by atoms with Gasteiger partial charge in [-0.05, 0) is 53.8 Å². The minimum absolute atomic E-state index is 0.0827. The summed E-state index contributed by atoms with van der Waals surface area (Å²) in [5.41, 5.74) is 6.17. The molecule has 0 aliphatic carbocycles. The molecule has 1 saturated heterocycles. The predicted octanol–water partition coefficient (Wildman–Crippen LogP) is 8.34. The van der Waals surface area contributed by atoms with Gasteiger partial charge in [-0.2, -0.15) is 9.61 Å². The molecule has 1 aliphatic rings. The van der Waals surface area contributed by atoms with Crippen molar-refractivity contribution in [2.45, 2.75) is 30.8 Å². The summed E-state index contributed by atoms with van der Waals surface area (Å²) in [5.74, 6) is 3.54. The normalized spacial score (nSPS) is 14.5. The predicted molar refractivity (Wildman–Crippen MR) is 223 cm³/mol. The van der Waals surface area contributed by atoms with E-state index in [-0.39, 0.29) is 5.92 Å². The highest BCUT2D eigenvalue weighted by atomic mass is 16.5. The average molecular weight is 757 g/mol. The third kappa shape index (κ3) is 6.44. The van der Waals surface area contributed by atoms with Crippen LogP contribution < -0.4 is 24.4 Å². The lowest BCUT2D eigenvalue weighted by molar-refractivity contribution is 0.391. The van der Waals surface area contributed by atoms with E-state index >= 15 is 0 Å². The van der Waals surface area contributed by atoms with Gasteiger partial charge in [0.2, 0.25) is 5.95 Å². The maximum atomic E-state index is 5.76. The number of fused-ring (bicyclic) bond motifs is 3. The zero-order chi connectivity index (χ0) is 38.8. The molecule has 9 rings (SSSR count). The first-order valence-corrected chi connectivity index (χ1v) is 19.3. The number of nitrogens with one attached hydrogen (secondary N) is 1. The highest BCUT2D eigenvalue weighted by Crippen LogP contribution is 2.42. The first kappa shape index (κ1) is 35.8. The van der Waals surface area contributed by atoms with Crippen LogP contribution in [0.1, 0.15) is 46.8 Å². The van der Waals surface area contributed by atoms with Crippen LogP contribution in [0.15, 0.2) is 140 Å². The molecule has 0 saturated carbocycles. The number of anilines is 2. The fourth-order valence-corrected chi connectivity index (χ4v) is 8.26. The van der Waals surface area contributed by atoms with Gasteiger partial charge in [0.25, 0.3) is 0 Å². The first-order chi connectivity index (χ1) is 28.1. The Balaban J connectivity index is 1.07. The number of rotatable bonds is 12. The largest absolute Gasteiger partial charge is 0.497 e. The molecule has 0 amide bonds. The van der Waals surface area contributed by atoms with Gasteiger partial charge in [-0.1, -0.05) is 97.1 Å². The number of hydrogen-bond acceptors (Lipinski definition) is 9. The number of piperidine rings is 1. The lowest BCUT2D eigenvalue weighted by Crippen LogP contribution is -2.38. The molecule has 8 aromatic rings. The summed E-state index contributed by atoms with van der Waals surface area (Å²) < 4.78 is 20.8. The minimum Gasteiger partial charge on any atom is -0.497 e. The summed E-state index contributed by atoms with van der Waals surface area (Å²) in [6.07, 6.45) is 6.15. The molecule has 3 aromatic heterocycles. The monoisotopic (exact) mass is 756 g/mol. The lowest BCUT2D eigenvalue weighted by atomic mass is 9.77. The molecule has 11 nitrogen and oxygen atoms in total. The molecule has 1 aliphatic heterocycles. The number of ether oxygens (including phenoxy) is 3. The second-order valence-corrected chi connectivity index (χ2v) is 14.3. The Bertz CT molecular complexity index is 2530. The van der Waals surface area contributed by atoms with Crippen LogP contribution in [-0.2, 0) is 12.1 Å². The van der Waals surface area contributed by atoms with Crippen molar-refractivity contribution in [3.05, 3.63) is 168 Å². The Kier molecular flexibility index (Phi) is 9.63. The molecule has 4 heterocycles. The molecule has 1 fully saturated rings. The number of methoxy groups -OCH3 is 3. The zero-order valence-corrected chi connectivity index (χ0v) is 32.2. The van der Waals surface area contributed by atoms with Crippen molar-refractivity contribution < 1.29 is 14.2 Å². The van der Waals surface area contributed by atoms with Gasteiger partial charge in [0.15, 0.2) is 11.5 Å². The third-order valence-electron chi connectivity index (χ3n) is 11.1. The molecular formula is C46H44N8O3. The summed E-state index contributed by atoms with van der Waals surface area (Å²) in [4.78, 5) is 12.7. The Labute approximate surface area is 331 Å². The van der Waals surface area contributed by atoms with Crippen LogP contribution in [0.2, 0.25) is 0 Å². The summed E-state index contributed by atoms with van der Waals surface area (Å²) in [7, 11) is 4.96. The Morgan fingerprint density at radius 3 is 2.07 bits per heavy atom. The van der Waals surface area contributed by atoms with E-state index < -0.39 is 5.54 Å². The Hall–Kier alpha value is -6.88. The molecule has 0 radical (unpaired) electrons. The Morgan fingerprint density at radius 1 is 0.737 bits per heavy atom. The number of aromatic nitrogens is 6. The molecule has 0 bridgehead atoms. The highest BCUT2D eigenvalue weighted by Gasteiger charge is 2.40. The van der Waals surface area contributed by atoms with Gasteiger partial charge in [-0.25, -0.2) is 9.97 Å². The molecule has 5 aromatic carbocycles. The van der Waals surface area contributed by atoms with Crippen LogP contribution in [0, 0.1) is 0 Å². The number of nitrogens with zero attached hydrogens (tertiary/aromatic N) is 7. The molecule has 286 valence electrons. The summed E-state index contributed by atoms with van der Waals surface area (Å²) in [5, 5.41) is 14.7. The van der Waals surface area contributed by atoms with Crippen LogP contribution in [-0.4, -0.2) is 63.8 Å². The van der Waals surface area contributed by atoms with Crippen LogP contribution in [0.4, 0.5) is 11.6 Å². The van der Waals surface area contributed by atoms with Crippen molar-refractivity contribution in [3.63, 3.8) is 0 Å². The van der Waals surface area contributed by atoms with Crippen molar-refractivity contribution in [2.24, 2.45) is 0 Å². The SMILES string of the molecule is COc1ccc(CNc2nc3c(OC)cccc3c3nc([C@@H]4CCCN(c5cnn(C(c6ccccc6)(c6ccccc6)c6ccccc6)c5)C4)nn23)c(OC)c1. The van der Waals surface area contributed by atoms with E-state index in [9.17, 15) is 0 Å². The Morgan fingerprint density at radius 2 is 1.42 bits per heavy atom. The van der Waals surface area contributed by atoms with E-state index in [1.54, 1.807) is 21.3 Å². The van der Waals surface area contributed by atoms with Gasteiger partial charge in [0.1, 0.15) is 28.3 Å². The molecule has 11 heteroatoms. The van der Waals surface area contributed by atoms with E-state index in [1.165, 1.54) is 0 Å². The van der Waals surface area contributed by atoms with Gasteiger partial charge >= 0.3 is 0 Å². The van der Waals surface area contributed by atoms with E-state index in [4.69, 9.17) is 34.4 Å². The van der Waals surface area contributed by atoms with Crippen LogP contribution >= 0.6 is 0 Å². The second-order valence-electron chi connectivity index (χ2n) is 14.3. The van der Waals surface area contributed by atoms with Crippen molar-refractivity contribution in [2.75, 3.05) is 44.6 Å². The minimum atomic E-state index is -0.686. The van der Waals surface area contributed by atoms with Crippen LogP contribution in [0.3, 0.4) is 0 Å². The van der Waals surface area contributed by atoms with Gasteiger partial charge in [0.05, 0.1) is 39.4 Å². The lowest BCUT2D eigenvalue weighted by Gasteiger charge is -2.36. The van der Waals surface area contributed by atoms with Gasteiger partial charge in [-0.3, -0.25) is 4.68 Å². The quantitative estimate of drug-likeness (QED) is 0.123. The first-order valence-electron chi connectivity index (χ1n) is 19.3. The summed E-state index contributed by atoms with van der Waals surface area (Å²) >= 11 is 0. The van der Waals surface area contributed by atoms with Crippen molar-refractivity contribution >= 4 is 28.2 Å². The van der Waals surface area contributed by atoms with Gasteiger partial charge < -0.3 is 24.4 Å². The number of benzene rings is 5. The van der Waals surface area contributed by atoms with E-state index in [1.807, 2.05) is 47.1 Å². The number of hydrogen-bond donors (Lipinski definition) is 1. The third-order valence-corrected chi connectivity index (χ3v) is 11.1. The second kappa shape index (κ2) is 15.3. The van der Waals surface area contributed by atoms with Crippen molar-refractivity contribution in [3.8, 4) is 17.2 Å². The standard InChI is InChI=1S/C46H44N8O3/c1-55-38-25-24-32(41(27-38)57-3)28-47-45-49-42-39(22-13-23-40(42)56-2)44-50-43(51-54(44)45)33-15-14-26-52(30-33)37-29-48-53(31-37)46(34-16-7-4-8-17-34,35-18-9-5-10-19-35)36-20-11-6-12-21-36/h4-13,16-25,27,29,31,33H,14-15,26,28,30H2,1-3H3,(H,47,49)/t33-/m1/s1. The van der Waals surface area contributed by atoms with Crippen molar-refractivity contribution in [1.29, 1.82) is 0 Å². The highest BCUT2D eigenvalue weighted by molar-refractivity contribution is 5.96. The van der Waals surface area contributed by atoms with Crippen LogP contribution in [0.5, 0.6) is 17.2 Å². The number of para-hydroxylation sites is 1. The van der Waals surface area contributed by atoms with E-state index in [0.717, 1.165) is 82.2 Å². The smallest absolute Gasteiger partial charge is 0.226 e. The molecule has 57 heavy (non-hydrogen) atoms. The van der Waals surface area contributed by atoms with Gasteiger partial charge in [0, 0.05) is 42.6 Å². The fourth-order valence-electron chi connectivity index (χ4n) is 8.26. The molecule has 0 spiro atoms. The van der Waals surface area contributed by atoms with E-state index in [2.05, 4.69) is 112 Å². The maximum Gasteiger partial charge on any atom is 0.226 e. The molecular weight excluding hydrogens is 713 g/mol. The van der Waals surface area contributed by atoms with Crippen molar-refractivity contribution in [1.82, 2.24) is 29.4 Å². The summed E-state index contributed by atoms with van der Waals surface area (Å²) in [6.45, 7) is 2.10. The molecule has 0 unspecified atom stereocenters. The van der Waals surface area contributed by atoms with Crippen LogP contribution in [0.25, 0.3) is 16.6 Å². The van der Waals surface area contributed by atoms with Gasteiger partial charge in [-0.15, -0.1) is 5.10 Å². The molecule has 1 N–H and O–H groups in total. The average Bonchev–Trinajstić information content (AvgIpc) is 3.97. The summed E-state index contributed by atoms with van der Waals surface area (Å²) in [6, 6.07) is 43.6. The topological polar surface area (TPSA) is 104 Å². The van der Waals surface area contributed by atoms with E-state index in [0.29, 0.717) is 23.8 Å². The molecule has 1 atom stereocenters. The fraction of sp³-hybridized carbons (Fsp3) is 0.217. The maximum absolute atomic E-state index is 5.76.